The molecule has 56 valence electrons. The lowest BCUT2D eigenvalue weighted by molar-refractivity contribution is 0.350. The summed E-state index contributed by atoms with van der Waals surface area (Å²) in [5.74, 6) is 0.700. The maximum absolute atomic E-state index is 8.29. The summed E-state index contributed by atoms with van der Waals surface area (Å²) in [6.07, 6.45) is 0. The third-order valence-electron chi connectivity index (χ3n) is 1.03. The molecule has 0 saturated heterocycles. The van der Waals surface area contributed by atoms with Gasteiger partial charge >= 0.3 is 6.01 Å². The zero-order chi connectivity index (χ0) is 7.56. The van der Waals surface area contributed by atoms with E-state index in [1.807, 2.05) is 13.8 Å². The molecule has 0 saturated carbocycles. The molecule has 2 N–H and O–H groups in total. The first-order chi connectivity index (χ1) is 4.74. The predicted molar refractivity (Wildman–Crippen MR) is 33.8 cm³/mol. The van der Waals surface area contributed by atoms with Crippen LogP contribution in [0.25, 0.3) is 0 Å². The first-order valence-corrected chi connectivity index (χ1v) is 2.97. The standard InChI is InChI=1S/C5H9N3O2/c1-3(2)4-6-7-5(8-9)10-4/h3,9H,1-2H3,(H,7,8). The topological polar surface area (TPSA) is 71.2 Å². The molecular formula is C5H9N3O2. The fourth-order valence-electron chi connectivity index (χ4n) is 0.513. The van der Waals surface area contributed by atoms with Crippen molar-refractivity contribution in [3.63, 3.8) is 0 Å². The summed E-state index contributed by atoms with van der Waals surface area (Å²) in [4.78, 5) is 0. The van der Waals surface area contributed by atoms with Crippen molar-refractivity contribution < 1.29 is 9.62 Å². The van der Waals surface area contributed by atoms with Crippen LogP contribution in [0.5, 0.6) is 0 Å². The van der Waals surface area contributed by atoms with Crippen LogP contribution in [0.2, 0.25) is 0 Å². The molecule has 5 nitrogen and oxygen atoms in total. The van der Waals surface area contributed by atoms with E-state index in [4.69, 9.17) is 9.62 Å². The number of hydrogen-bond acceptors (Lipinski definition) is 5. The lowest BCUT2D eigenvalue weighted by Crippen LogP contribution is -1.87. The van der Waals surface area contributed by atoms with Crippen molar-refractivity contribution in [2.45, 2.75) is 19.8 Å². The molecule has 0 bridgehead atoms. The Morgan fingerprint density at radius 2 is 2.20 bits per heavy atom. The third-order valence-corrected chi connectivity index (χ3v) is 1.03. The van der Waals surface area contributed by atoms with Crippen LogP contribution in [0.15, 0.2) is 4.42 Å². The summed E-state index contributed by atoms with van der Waals surface area (Å²) in [7, 11) is 0. The molecule has 10 heavy (non-hydrogen) atoms. The van der Waals surface area contributed by atoms with Crippen LogP contribution in [-0.4, -0.2) is 15.4 Å². The second-order valence-corrected chi connectivity index (χ2v) is 2.21. The van der Waals surface area contributed by atoms with Gasteiger partial charge in [-0.1, -0.05) is 18.9 Å². The van der Waals surface area contributed by atoms with Gasteiger partial charge in [-0.3, -0.25) is 5.21 Å². The minimum absolute atomic E-state index is 0.0312. The molecule has 0 aliphatic carbocycles. The molecule has 0 aliphatic rings. The van der Waals surface area contributed by atoms with Gasteiger partial charge < -0.3 is 4.42 Å². The van der Waals surface area contributed by atoms with Crippen molar-refractivity contribution in [3.05, 3.63) is 5.89 Å². The molecule has 0 spiro atoms. The smallest absolute Gasteiger partial charge is 0.339 e. The average molecular weight is 143 g/mol. The molecule has 0 atom stereocenters. The SMILES string of the molecule is CC(C)c1nnc(NO)o1. The average Bonchev–Trinajstić information content (AvgIpc) is 2.34. The summed E-state index contributed by atoms with van der Waals surface area (Å²) in [5.41, 5.74) is 1.76. The highest BCUT2D eigenvalue weighted by molar-refractivity contribution is 5.11. The van der Waals surface area contributed by atoms with E-state index in [-0.39, 0.29) is 11.9 Å². The maximum atomic E-state index is 8.29. The van der Waals surface area contributed by atoms with E-state index < -0.39 is 0 Å². The Hall–Kier alpha value is -1.10. The highest BCUT2D eigenvalue weighted by Crippen LogP contribution is 2.13. The summed E-state index contributed by atoms with van der Waals surface area (Å²) < 4.78 is 4.91. The van der Waals surface area contributed by atoms with Crippen molar-refractivity contribution in [1.29, 1.82) is 0 Å². The van der Waals surface area contributed by atoms with Gasteiger partial charge in [0.15, 0.2) is 0 Å². The Morgan fingerprint density at radius 1 is 1.50 bits per heavy atom. The van der Waals surface area contributed by atoms with Gasteiger partial charge in [-0.15, -0.1) is 5.10 Å². The second-order valence-electron chi connectivity index (χ2n) is 2.21. The minimum atomic E-state index is 0.0312. The van der Waals surface area contributed by atoms with E-state index in [1.54, 1.807) is 5.48 Å². The van der Waals surface area contributed by atoms with Gasteiger partial charge in [-0.2, -0.15) is 0 Å². The molecule has 1 aromatic rings. The number of hydrogen-bond donors (Lipinski definition) is 2. The summed E-state index contributed by atoms with van der Waals surface area (Å²) in [6, 6.07) is 0.0312. The molecule has 0 radical (unpaired) electrons. The van der Waals surface area contributed by atoms with E-state index in [9.17, 15) is 0 Å². The Labute approximate surface area is 58.0 Å². The van der Waals surface area contributed by atoms with Gasteiger partial charge in [-0.25, -0.2) is 5.48 Å². The summed E-state index contributed by atoms with van der Waals surface area (Å²) in [6.45, 7) is 3.85. The lowest BCUT2D eigenvalue weighted by atomic mass is 10.2. The van der Waals surface area contributed by atoms with E-state index in [2.05, 4.69) is 10.2 Å². The predicted octanol–water partition coefficient (Wildman–Crippen LogP) is 0.994. The van der Waals surface area contributed by atoms with E-state index in [0.29, 0.717) is 5.89 Å². The molecule has 0 aliphatic heterocycles. The molecular weight excluding hydrogens is 134 g/mol. The van der Waals surface area contributed by atoms with Gasteiger partial charge in [0.2, 0.25) is 5.89 Å². The molecule has 1 aromatic heterocycles. The Bertz CT molecular complexity index is 208. The van der Waals surface area contributed by atoms with Crippen LogP contribution < -0.4 is 5.48 Å². The molecule has 1 heterocycles. The molecule has 0 aromatic carbocycles. The van der Waals surface area contributed by atoms with Gasteiger partial charge in [0.25, 0.3) is 0 Å². The monoisotopic (exact) mass is 143 g/mol. The normalized spacial score (nSPS) is 10.4. The lowest BCUT2D eigenvalue weighted by Gasteiger charge is -1.92. The van der Waals surface area contributed by atoms with Crippen LogP contribution in [-0.2, 0) is 0 Å². The zero-order valence-corrected chi connectivity index (χ0v) is 5.83. The number of nitrogens with one attached hydrogen (secondary N) is 1. The van der Waals surface area contributed by atoms with Crippen molar-refractivity contribution in [3.8, 4) is 0 Å². The molecule has 1 rings (SSSR count). The molecule has 0 fully saturated rings. The third kappa shape index (κ3) is 1.24. The van der Waals surface area contributed by atoms with Gasteiger partial charge in [0.05, 0.1) is 0 Å². The molecule has 0 amide bonds. The van der Waals surface area contributed by atoms with Crippen LogP contribution in [0, 0.1) is 0 Å². The second kappa shape index (κ2) is 2.66. The van der Waals surface area contributed by atoms with Crippen LogP contribution >= 0.6 is 0 Å². The molecule has 0 unspecified atom stereocenters. The summed E-state index contributed by atoms with van der Waals surface area (Å²) in [5, 5.41) is 15.4. The van der Waals surface area contributed by atoms with Gasteiger partial charge in [-0.05, 0) is 0 Å². The van der Waals surface area contributed by atoms with Gasteiger partial charge in [0.1, 0.15) is 0 Å². The van der Waals surface area contributed by atoms with Crippen molar-refractivity contribution in [2.24, 2.45) is 0 Å². The van der Waals surface area contributed by atoms with Crippen LogP contribution in [0.1, 0.15) is 25.7 Å². The largest absolute Gasteiger partial charge is 0.406 e. The maximum Gasteiger partial charge on any atom is 0.339 e. The summed E-state index contributed by atoms with van der Waals surface area (Å²) >= 11 is 0. The Kier molecular flexibility index (Phi) is 1.86. The van der Waals surface area contributed by atoms with E-state index in [0.717, 1.165) is 0 Å². The van der Waals surface area contributed by atoms with Crippen LogP contribution in [0.3, 0.4) is 0 Å². The number of nitrogens with zero attached hydrogens (tertiary/aromatic N) is 2. The Balaban J connectivity index is 2.78. The van der Waals surface area contributed by atoms with Crippen molar-refractivity contribution >= 4 is 6.01 Å². The number of aromatic nitrogens is 2. The number of rotatable bonds is 2. The fourth-order valence-corrected chi connectivity index (χ4v) is 0.513. The van der Waals surface area contributed by atoms with E-state index in [1.165, 1.54) is 0 Å². The first-order valence-electron chi connectivity index (χ1n) is 2.97. The minimum Gasteiger partial charge on any atom is -0.406 e. The highest BCUT2D eigenvalue weighted by Gasteiger charge is 2.07. The highest BCUT2D eigenvalue weighted by atomic mass is 16.5. The van der Waals surface area contributed by atoms with Crippen molar-refractivity contribution in [2.75, 3.05) is 5.48 Å². The first kappa shape index (κ1) is 7.01. The molecule has 5 heteroatoms. The van der Waals surface area contributed by atoms with E-state index >= 15 is 0 Å². The fraction of sp³-hybridized carbons (Fsp3) is 0.600. The number of anilines is 1. The van der Waals surface area contributed by atoms with Gasteiger partial charge in [0, 0.05) is 5.92 Å². The zero-order valence-electron chi connectivity index (χ0n) is 5.83. The Morgan fingerprint density at radius 3 is 2.50 bits per heavy atom. The van der Waals surface area contributed by atoms with Crippen LogP contribution in [0.4, 0.5) is 6.01 Å². The quantitative estimate of drug-likeness (QED) is 0.604. The van der Waals surface area contributed by atoms with Crippen molar-refractivity contribution in [1.82, 2.24) is 10.2 Å².